The third kappa shape index (κ3) is 3.67. The van der Waals surface area contributed by atoms with Gasteiger partial charge < -0.3 is 14.6 Å². The van der Waals surface area contributed by atoms with Crippen LogP contribution in [0.5, 0.6) is 0 Å². The Morgan fingerprint density at radius 2 is 2.09 bits per heavy atom. The lowest BCUT2D eigenvalue weighted by molar-refractivity contribution is -0.141. The minimum atomic E-state index is -0.0815. The number of likely N-dealkylation sites (tertiary alicyclic amines) is 1. The Balaban J connectivity index is 1.65. The standard InChI is InChI=1S/C16H26N4O2/c1-13-10-17-16(18-13)14-12-22-9-8-20(14)15(21)11-19-6-4-2-3-5-7-19/h10,14H,2-9,11-12H2,1H3,(H,17,18)/t14-/m1/s1. The maximum absolute atomic E-state index is 12.8. The summed E-state index contributed by atoms with van der Waals surface area (Å²) >= 11 is 0. The average molecular weight is 306 g/mol. The van der Waals surface area contributed by atoms with Crippen LogP contribution in [0.2, 0.25) is 0 Å². The number of morpholine rings is 1. The van der Waals surface area contributed by atoms with Crippen molar-refractivity contribution in [3.05, 3.63) is 17.7 Å². The normalized spacial score (nSPS) is 24.2. The molecular weight excluding hydrogens is 280 g/mol. The summed E-state index contributed by atoms with van der Waals surface area (Å²) in [6.07, 6.45) is 6.79. The van der Waals surface area contributed by atoms with Gasteiger partial charge in [-0.1, -0.05) is 12.8 Å². The van der Waals surface area contributed by atoms with Crippen molar-refractivity contribution in [2.75, 3.05) is 39.4 Å². The van der Waals surface area contributed by atoms with Crippen molar-refractivity contribution >= 4 is 5.91 Å². The van der Waals surface area contributed by atoms with Crippen LogP contribution in [-0.2, 0) is 9.53 Å². The average Bonchev–Trinajstić information content (AvgIpc) is 2.80. The van der Waals surface area contributed by atoms with Gasteiger partial charge >= 0.3 is 0 Å². The fourth-order valence-electron chi connectivity index (χ4n) is 3.31. The van der Waals surface area contributed by atoms with Gasteiger partial charge in [-0.3, -0.25) is 9.69 Å². The van der Waals surface area contributed by atoms with Gasteiger partial charge in [0.1, 0.15) is 11.9 Å². The molecule has 2 saturated heterocycles. The summed E-state index contributed by atoms with van der Waals surface area (Å²) in [6, 6.07) is -0.0815. The van der Waals surface area contributed by atoms with E-state index in [1.165, 1.54) is 25.7 Å². The lowest BCUT2D eigenvalue weighted by Gasteiger charge is -2.35. The van der Waals surface area contributed by atoms with Gasteiger partial charge in [-0.25, -0.2) is 4.98 Å². The molecule has 1 aromatic rings. The molecule has 2 aliphatic rings. The van der Waals surface area contributed by atoms with Crippen LogP contribution >= 0.6 is 0 Å². The first-order valence-electron chi connectivity index (χ1n) is 8.35. The van der Waals surface area contributed by atoms with Crippen LogP contribution in [0.15, 0.2) is 6.20 Å². The molecule has 0 unspecified atom stereocenters. The van der Waals surface area contributed by atoms with Crippen LogP contribution in [0.1, 0.15) is 43.2 Å². The van der Waals surface area contributed by atoms with E-state index in [4.69, 9.17) is 4.74 Å². The largest absolute Gasteiger partial charge is 0.377 e. The third-order valence-electron chi connectivity index (χ3n) is 4.54. The molecule has 0 bridgehead atoms. The summed E-state index contributed by atoms with van der Waals surface area (Å²) in [5.41, 5.74) is 1.01. The summed E-state index contributed by atoms with van der Waals surface area (Å²) in [7, 11) is 0. The predicted octanol–water partition coefficient (Wildman–Crippen LogP) is 1.49. The number of aromatic nitrogens is 2. The summed E-state index contributed by atoms with van der Waals surface area (Å²) in [5.74, 6) is 1.03. The van der Waals surface area contributed by atoms with E-state index in [1.807, 2.05) is 11.8 Å². The van der Waals surface area contributed by atoms with Gasteiger partial charge in [-0.2, -0.15) is 0 Å². The van der Waals surface area contributed by atoms with Crippen molar-refractivity contribution in [1.29, 1.82) is 0 Å². The first-order valence-corrected chi connectivity index (χ1v) is 8.35. The zero-order valence-electron chi connectivity index (χ0n) is 13.4. The van der Waals surface area contributed by atoms with Gasteiger partial charge in [-0.05, 0) is 32.9 Å². The highest BCUT2D eigenvalue weighted by atomic mass is 16.5. The molecule has 6 nitrogen and oxygen atoms in total. The second-order valence-electron chi connectivity index (χ2n) is 6.32. The zero-order chi connectivity index (χ0) is 15.4. The van der Waals surface area contributed by atoms with Crippen molar-refractivity contribution in [2.24, 2.45) is 0 Å². The molecule has 22 heavy (non-hydrogen) atoms. The molecule has 1 aromatic heterocycles. The first kappa shape index (κ1) is 15.5. The van der Waals surface area contributed by atoms with E-state index >= 15 is 0 Å². The summed E-state index contributed by atoms with van der Waals surface area (Å²) < 4.78 is 5.57. The number of hydrogen-bond donors (Lipinski definition) is 1. The Bertz CT molecular complexity index is 494. The van der Waals surface area contributed by atoms with E-state index in [9.17, 15) is 4.79 Å². The Morgan fingerprint density at radius 1 is 1.32 bits per heavy atom. The second-order valence-corrected chi connectivity index (χ2v) is 6.32. The zero-order valence-corrected chi connectivity index (χ0v) is 13.4. The summed E-state index contributed by atoms with van der Waals surface area (Å²) in [4.78, 5) is 24.6. The van der Waals surface area contributed by atoms with Crippen molar-refractivity contribution in [3.8, 4) is 0 Å². The minimum Gasteiger partial charge on any atom is -0.377 e. The van der Waals surface area contributed by atoms with Gasteiger partial charge in [0.05, 0.1) is 19.8 Å². The summed E-state index contributed by atoms with van der Waals surface area (Å²) in [6.45, 7) is 6.37. The number of imidazole rings is 1. The highest BCUT2D eigenvalue weighted by molar-refractivity contribution is 5.78. The van der Waals surface area contributed by atoms with E-state index in [0.717, 1.165) is 24.6 Å². The lowest BCUT2D eigenvalue weighted by Crippen LogP contribution is -2.48. The van der Waals surface area contributed by atoms with E-state index in [2.05, 4.69) is 14.9 Å². The molecule has 1 N–H and O–H groups in total. The summed E-state index contributed by atoms with van der Waals surface area (Å²) in [5, 5.41) is 0. The molecule has 1 atom stereocenters. The van der Waals surface area contributed by atoms with Gasteiger partial charge in [0.2, 0.25) is 5.91 Å². The number of carbonyl (C=O) groups is 1. The van der Waals surface area contributed by atoms with E-state index < -0.39 is 0 Å². The van der Waals surface area contributed by atoms with Crippen LogP contribution in [0.25, 0.3) is 0 Å². The maximum atomic E-state index is 12.8. The molecule has 0 radical (unpaired) electrons. The molecule has 2 fully saturated rings. The molecule has 0 aliphatic carbocycles. The third-order valence-corrected chi connectivity index (χ3v) is 4.54. The van der Waals surface area contributed by atoms with Crippen molar-refractivity contribution in [1.82, 2.24) is 19.8 Å². The number of aryl methyl sites for hydroxylation is 1. The smallest absolute Gasteiger partial charge is 0.237 e. The SMILES string of the molecule is Cc1cnc([C@H]2COCCN2C(=O)CN2CCCCCC2)[nH]1. The quantitative estimate of drug-likeness (QED) is 0.919. The van der Waals surface area contributed by atoms with Gasteiger partial charge in [0, 0.05) is 18.4 Å². The van der Waals surface area contributed by atoms with Gasteiger partial charge in [0.15, 0.2) is 0 Å². The Hall–Kier alpha value is -1.40. The molecule has 3 heterocycles. The maximum Gasteiger partial charge on any atom is 0.237 e. The second kappa shape index (κ2) is 7.24. The van der Waals surface area contributed by atoms with Crippen molar-refractivity contribution in [2.45, 2.75) is 38.6 Å². The Morgan fingerprint density at radius 3 is 2.77 bits per heavy atom. The number of aromatic amines is 1. The molecule has 2 aliphatic heterocycles. The highest BCUT2D eigenvalue weighted by Crippen LogP contribution is 2.22. The number of nitrogens with zero attached hydrogens (tertiary/aromatic N) is 3. The van der Waals surface area contributed by atoms with Crippen molar-refractivity contribution in [3.63, 3.8) is 0 Å². The number of nitrogens with one attached hydrogen (secondary N) is 1. The van der Waals surface area contributed by atoms with Crippen molar-refractivity contribution < 1.29 is 9.53 Å². The number of ether oxygens (including phenoxy) is 1. The fraction of sp³-hybridized carbons (Fsp3) is 0.750. The Labute approximate surface area is 131 Å². The number of amides is 1. The molecule has 1 amide bonds. The molecule has 6 heteroatoms. The molecular formula is C16H26N4O2. The van der Waals surface area contributed by atoms with Gasteiger partial charge in [0.25, 0.3) is 0 Å². The molecule has 0 spiro atoms. The van der Waals surface area contributed by atoms with E-state index in [1.54, 1.807) is 6.20 Å². The van der Waals surface area contributed by atoms with Crippen LogP contribution in [0, 0.1) is 6.92 Å². The number of hydrogen-bond acceptors (Lipinski definition) is 4. The number of H-pyrrole nitrogens is 1. The van der Waals surface area contributed by atoms with Crippen LogP contribution < -0.4 is 0 Å². The number of rotatable bonds is 3. The monoisotopic (exact) mass is 306 g/mol. The fourth-order valence-corrected chi connectivity index (χ4v) is 3.31. The predicted molar refractivity (Wildman–Crippen MR) is 83.5 cm³/mol. The van der Waals surface area contributed by atoms with Crippen LogP contribution in [-0.4, -0.2) is 65.1 Å². The lowest BCUT2D eigenvalue weighted by atomic mass is 10.2. The Kier molecular flexibility index (Phi) is 5.10. The van der Waals surface area contributed by atoms with E-state index in [-0.39, 0.29) is 11.9 Å². The molecule has 122 valence electrons. The molecule has 0 aromatic carbocycles. The van der Waals surface area contributed by atoms with E-state index in [0.29, 0.717) is 26.3 Å². The van der Waals surface area contributed by atoms with Crippen LogP contribution in [0.4, 0.5) is 0 Å². The van der Waals surface area contributed by atoms with Gasteiger partial charge in [-0.15, -0.1) is 0 Å². The highest BCUT2D eigenvalue weighted by Gasteiger charge is 2.31. The molecule has 0 saturated carbocycles. The number of carbonyl (C=O) groups excluding carboxylic acids is 1. The first-order chi connectivity index (χ1) is 10.7. The topological polar surface area (TPSA) is 61.5 Å². The van der Waals surface area contributed by atoms with Crippen LogP contribution in [0.3, 0.4) is 0 Å². The minimum absolute atomic E-state index is 0.0815. The molecule has 3 rings (SSSR count).